The van der Waals surface area contributed by atoms with Gasteiger partial charge in [-0.05, 0) is 31.5 Å². The second kappa shape index (κ2) is 6.44. The third-order valence-electron chi connectivity index (χ3n) is 4.53. The molecule has 0 spiro atoms. The number of likely N-dealkylation sites (N-methyl/N-ethyl adjacent to an activating group) is 1. The van der Waals surface area contributed by atoms with Gasteiger partial charge in [0.25, 0.3) is 0 Å². The zero-order valence-electron chi connectivity index (χ0n) is 12.1. The lowest BCUT2D eigenvalue weighted by Crippen LogP contribution is -2.59. The number of fused-ring (bicyclic) bond motifs is 1. The van der Waals surface area contributed by atoms with Gasteiger partial charge in [0.05, 0.1) is 12.7 Å². The van der Waals surface area contributed by atoms with Crippen molar-refractivity contribution in [3.63, 3.8) is 0 Å². The predicted octanol–water partition coefficient (Wildman–Crippen LogP) is 2.29. The number of likely N-dealkylation sites (tertiary alicyclic amines) is 1. The fraction of sp³-hybridized carbons (Fsp3) is 0.625. The van der Waals surface area contributed by atoms with Crippen LogP contribution in [0.4, 0.5) is 0 Å². The van der Waals surface area contributed by atoms with Gasteiger partial charge in [0.1, 0.15) is 0 Å². The highest BCUT2D eigenvalue weighted by Crippen LogP contribution is 2.23. The van der Waals surface area contributed by atoms with Crippen LogP contribution in [0.2, 0.25) is 5.02 Å². The molecule has 1 aromatic rings. The molecule has 0 bridgehead atoms. The van der Waals surface area contributed by atoms with E-state index in [-0.39, 0.29) is 0 Å². The summed E-state index contributed by atoms with van der Waals surface area (Å²) in [6.07, 6.45) is 2.60. The van der Waals surface area contributed by atoms with E-state index in [9.17, 15) is 0 Å². The monoisotopic (exact) mass is 294 g/mol. The number of halogens is 1. The van der Waals surface area contributed by atoms with Crippen LogP contribution in [0.1, 0.15) is 12.0 Å². The van der Waals surface area contributed by atoms with Crippen molar-refractivity contribution < 1.29 is 4.74 Å². The molecule has 3 rings (SSSR count). The normalized spacial score (nSPS) is 28.3. The molecule has 0 saturated carbocycles. The van der Waals surface area contributed by atoms with Crippen molar-refractivity contribution in [2.45, 2.75) is 25.0 Å². The van der Waals surface area contributed by atoms with E-state index in [1.54, 1.807) is 0 Å². The Labute approximate surface area is 126 Å². The molecule has 2 fully saturated rings. The minimum absolute atomic E-state index is 0.422. The predicted molar refractivity (Wildman–Crippen MR) is 82.4 cm³/mol. The third-order valence-corrected chi connectivity index (χ3v) is 4.90. The third kappa shape index (κ3) is 3.17. The number of piperidine rings is 1. The summed E-state index contributed by atoms with van der Waals surface area (Å²) >= 11 is 6.25. The fourth-order valence-corrected chi connectivity index (χ4v) is 3.57. The minimum Gasteiger partial charge on any atom is -0.375 e. The van der Waals surface area contributed by atoms with E-state index in [1.165, 1.54) is 5.56 Å². The number of morpholine rings is 1. The zero-order chi connectivity index (χ0) is 13.9. The highest BCUT2D eigenvalue weighted by molar-refractivity contribution is 6.31. The van der Waals surface area contributed by atoms with E-state index in [4.69, 9.17) is 16.3 Å². The lowest BCUT2D eigenvalue weighted by Gasteiger charge is -2.46. The molecule has 0 aliphatic carbocycles. The molecule has 4 heteroatoms. The topological polar surface area (TPSA) is 15.7 Å². The Morgan fingerprint density at radius 1 is 1.30 bits per heavy atom. The maximum atomic E-state index is 6.25. The van der Waals surface area contributed by atoms with E-state index in [1.807, 2.05) is 12.1 Å². The van der Waals surface area contributed by atoms with Crippen LogP contribution in [-0.4, -0.2) is 61.8 Å². The number of hydrogen-bond acceptors (Lipinski definition) is 3. The molecule has 2 heterocycles. The van der Waals surface area contributed by atoms with Gasteiger partial charge in [-0.1, -0.05) is 29.8 Å². The molecule has 0 amide bonds. The first-order valence-electron chi connectivity index (χ1n) is 7.51. The van der Waals surface area contributed by atoms with Crippen LogP contribution in [-0.2, 0) is 11.2 Å². The van der Waals surface area contributed by atoms with Gasteiger partial charge in [-0.15, -0.1) is 0 Å². The lowest BCUT2D eigenvalue weighted by atomic mass is 9.98. The number of rotatable bonds is 3. The molecule has 3 nitrogen and oxygen atoms in total. The summed E-state index contributed by atoms with van der Waals surface area (Å²) in [4.78, 5) is 5.01. The highest BCUT2D eigenvalue weighted by Gasteiger charge is 2.35. The summed E-state index contributed by atoms with van der Waals surface area (Å²) in [6, 6.07) is 8.72. The van der Waals surface area contributed by atoms with Crippen molar-refractivity contribution in [1.82, 2.24) is 9.80 Å². The van der Waals surface area contributed by atoms with Gasteiger partial charge in [-0.2, -0.15) is 0 Å². The molecule has 0 unspecified atom stereocenters. The largest absolute Gasteiger partial charge is 0.375 e. The summed E-state index contributed by atoms with van der Waals surface area (Å²) in [5, 5.41) is 0.887. The SMILES string of the molecule is CN1CC[C@@H]2OCCN(CCc3ccccc3Cl)[C@@H]2C1. The van der Waals surface area contributed by atoms with Crippen LogP contribution in [0.25, 0.3) is 0 Å². The van der Waals surface area contributed by atoms with E-state index < -0.39 is 0 Å². The first-order chi connectivity index (χ1) is 9.74. The summed E-state index contributed by atoms with van der Waals surface area (Å²) in [5.41, 5.74) is 1.25. The molecule has 2 saturated heterocycles. The van der Waals surface area contributed by atoms with Crippen molar-refractivity contribution in [2.75, 3.05) is 39.8 Å². The first-order valence-corrected chi connectivity index (χ1v) is 7.89. The van der Waals surface area contributed by atoms with E-state index in [0.29, 0.717) is 12.1 Å². The van der Waals surface area contributed by atoms with Gasteiger partial charge >= 0.3 is 0 Å². The Bertz CT molecular complexity index is 454. The van der Waals surface area contributed by atoms with Crippen LogP contribution in [0.15, 0.2) is 24.3 Å². The van der Waals surface area contributed by atoms with Crippen molar-refractivity contribution in [3.05, 3.63) is 34.9 Å². The molecule has 0 N–H and O–H groups in total. The van der Waals surface area contributed by atoms with Gasteiger partial charge in [-0.3, -0.25) is 4.90 Å². The number of hydrogen-bond donors (Lipinski definition) is 0. The highest BCUT2D eigenvalue weighted by atomic mass is 35.5. The van der Waals surface area contributed by atoms with Crippen LogP contribution in [0, 0.1) is 0 Å². The molecule has 110 valence electrons. The van der Waals surface area contributed by atoms with Crippen LogP contribution >= 0.6 is 11.6 Å². The summed E-state index contributed by atoms with van der Waals surface area (Å²) in [7, 11) is 2.21. The van der Waals surface area contributed by atoms with E-state index in [2.05, 4.69) is 29.0 Å². The van der Waals surface area contributed by atoms with Gasteiger partial charge in [0.15, 0.2) is 0 Å². The number of ether oxygens (including phenoxy) is 1. The Hall–Kier alpha value is -0.610. The Balaban J connectivity index is 1.62. The molecule has 2 aliphatic rings. The van der Waals surface area contributed by atoms with Crippen molar-refractivity contribution in [2.24, 2.45) is 0 Å². The fourth-order valence-electron chi connectivity index (χ4n) is 3.34. The molecular weight excluding hydrogens is 272 g/mol. The average Bonchev–Trinajstić information content (AvgIpc) is 2.46. The molecular formula is C16H23ClN2O. The van der Waals surface area contributed by atoms with Gasteiger partial charge in [-0.25, -0.2) is 0 Å². The Morgan fingerprint density at radius 3 is 3.00 bits per heavy atom. The molecule has 0 radical (unpaired) electrons. The van der Waals surface area contributed by atoms with Gasteiger partial charge in [0.2, 0.25) is 0 Å². The number of nitrogens with zero attached hydrogens (tertiary/aromatic N) is 2. The molecule has 2 atom stereocenters. The first kappa shape index (κ1) is 14.3. The molecule has 20 heavy (non-hydrogen) atoms. The van der Waals surface area contributed by atoms with Crippen LogP contribution in [0.3, 0.4) is 0 Å². The van der Waals surface area contributed by atoms with Crippen molar-refractivity contribution in [1.29, 1.82) is 0 Å². The second-order valence-corrected chi connectivity index (χ2v) is 6.31. The van der Waals surface area contributed by atoms with Crippen molar-refractivity contribution in [3.8, 4) is 0 Å². The summed E-state index contributed by atoms with van der Waals surface area (Å²) in [5.74, 6) is 0. The smallest absolute Gasteiger partial charge is 0.0755 e. The summed E-state index contributed by atoms with van der Waals surface area (Å²) in [6.45, 7) is 5.25. The standard InChI is InChI=1S/C16H23ClN2O/c1-18-8-7-16-15(12-18)19(10-11-20-16)9-6-13-4-2-3-5-14(13)17/h2-5,15-16H,6-12H2,1H3/t15-,16+/m1/s1. The van der Waals surface area contributed by atoms with Gasteiger partial charge < -0.3 is 9.64 Å². The van der Waals surface area contributed by atoms with Crippen LogP contribution in [0.5, 0.6) is 0 Å². The molecule has 0 aromatic heterocycles. The zero-order valence-corrected chi connectivity index (χ0v) is 12.9. The van der Waals surface area contributed by atoms with Gasteiger partial charge in [0, 0.05) is 37.2 Å². The molecule has 2 aliphatic heterocycles. The maximum absolute atomic E-state index is 6.25. The molecule has 1 aromatic carbocycles. The van der Waals surface area contributed by atoms with Crippen molar-refractivity contribution >= 4 is 11.6 Å². The van der Waals surface area contributed by atoms with E-state index >= 15 is 0 Å². The summed E-state index contributed by atoms with van der Waals surface area (Å²) < 4.78 is 5.94. The minimum atomic E-state index is 0.422. The second-order valence-electron chi connectivity index (χ2n) is 5.90. The van der Waals surface area contributed by atoms with Crippen LogP contribution < -0.4 is 0 Å². The quantitative estimate of drug-likeness (QED) is 0.851. The lowest BCUT2D eigenvalue weighted by molar-refractivity contribution is -0.0992. The maximum Gasteiger partial charge on any atom is 0.0755 e. The average molecular weight is 295 g/mol. The number of benzene rings is 1. The Kier molecular flexibility index (Phi) is 4.61. The Morgan fingerprint density at radius 2 is 2.15 bits per heavy atom. The van der Waals surface area contributed by atoms with E-state index in [0.717, 1.165) is 50.7 Å².